The number of amides is 1. The van der Waals surface area contributed by atoms with Crippen LogP contribution in [-0.4, -0.2) is 50.6 Å². The molecule has 6 nitrogen and oxygen atoms in total. The summed E-state index contributed by atoms with van der Waals surface area (Å²) in [6, 6.07) is 15.5. The number of halogens is 1. The highest BCUT2D eigenvalue weighted by atomic mass is 35.5. The Morgan fingerprint density at radius 1 is 1.10 bits per heavy atom. The van der Waals surface area contributed by atoms with Gasteiger partial charge < -0.3 is 20.3 Å². The minimum absolute atomic E-state index is 0.0212. The summed E-state index contributed by atoms with van der Waals surface area (Å²) in [6.45, 7) is 4.09. The first kappa shape index (κ1) is 22.6. The fourth-order valence-corrected chi connectivity index (χ4v) is 2.75. The number of hydrogen-bond acceptors (Lipinski definition) is 3. The predicted octanol–water partition coefficient (Wildman–Crippen LogP) is 3.10. The Hall–Kier alpha value is -2.73. The van der Waals surface area contributed by atoms with Crippen LogP contribution in [-0.2, 0) is 17.8 Å². The summed E-state index contributed by atoms with van der Waals surface area (Å²) < 4.78 is 5.57. The normalized spacial score (nSPS) is 11.1. The van der Waals surface area contributed by atoms with Gasteiger partial charge in [0.25, 0.3) is 5.91 Å². The molecule has 0 bridgehead atoms. The molecule has 2 aromatic rings. The number of carbonyl (C=O) groups is 1. The number of guanidine groups is 1. The third-order valence-electron chi connectivity index (χ3n) is 4.12. The molecule has 0 spiro atoms. The summed E-state index contributed by atoms with van der Waals surface area (Å²) >= 11 is 6.03. The smallest absolute Gasteiger partial charge is 0.259 e. The molecule has 2 rings (SSSR count). The first-order valence-corrected chi connectivity index (χ1v) is 10.0. The Morgan fingerprint density at radius 2 is 1.86 bits per heavy atom. The number of rotatable bonds is 9. The van der Waals surface area contributed by atoms with Crippen LogP contribution < -0.4 is 15.4 Å². The molecule has 0 saturated heterocycles. The van der Waals surface area contributed by atoms with Crippen molar-refractivity contribution in [3.05, 3.63) is 64.7 Å². The predicted molar refractivity (Wildman–Crippen MR) is 119 cm³/mol. The molecule has 0 saturated carbocycles. The Morgan fingerprint density at radius 3 is 2.59 bits per heavy atom. The van der Waals surface area contributed by atoms with Crippen molar-refractivity contribution in [2.45, 2.75) is 19.9 Å². The highest BCUT2D eigenvalue weighted by Crippen LogP contribution is 2.14. The van der Waals surface area contributed by atoms with Crippen molar-refractivity contribution in [3.63, 3.8) is 0 Å². The van der Waals surface area contributed by atoms with Gasteiger partial charge in [-0.1, -0.05) is 35.9 Å². The van der Waals surface area contributed by atoms with E-state index in [-0.39, 0.29) is 12.5 Å². The molecular weight excluding hydrogens is 388 g/mol. The lowest BCUT2D eigenvalue weighted by Gasteiger charge is -2.13. The first-order chi connectivity index (χ1) is 14.0. The fraction of sp³-hybridized carbons (Fsp3) is 0.364. The molecule has 0 aliphatic heterocycles. The summed E-state index contributed by atoms with van der Waals surface area (Å²) in [7, 11) is 3.41. The van der Waals surface area contributed by atoms with Gasteiger partial charge in [-0.05, 0) is 48.7 Å². The molecule has 0 radical (unpaired) electrons. The quantitative estimate of drug-likeness (QED) is 0.487. The minimum Gasteiger partial charge on any atom is -0.484 e. The second-order valence-electron chi connectivity index (χ2n) is 6.73. The zero-order valence-electron chi connectivity index (χ0n) is 17.2. The summed E-state index contributed by atoms with van der Waals surface area (Å²) in [5, 5.41) is 7.34. The van der Waals surface area contributed by atoms with E-state index in [0.29, 0.717) is 12.3 Å². The van der Waals surface area contributed by atoms with Crippen molar-refractivity contribution >= 4 is 23.5 Å². The van der Waals surface area contributed by atoms with Crippen LogP contribution in [0.4, 0.5) is 0 Å². The lowest BCUT2D eigenvalue weighted by Crippen LogP contribution is -2.38. The maximum Gasteiger partial charge on any atom is 0.259 e. The van der Waals surface area contributed by atoms with Gasteiger partial charge in [0, 0.05) is 32.2 Å². The number of nitrogens with one attached hydrogen (secondary N) is 2. The van der Waals surface area contributed by atoms with E-state index in [9.17, 15) is 4.79 Å². The Bertz CT molecular complexity index is 824. The topological polar surface area (TPSA) is 66.0 Å². The van der Waals surface area contributed by atoms with Crippen LogP contribution in [0.3, 0.4) is 0 Å². The lowest BCUT2D eigenvalue weighted by atomic mass is 10.1. The van der Waals surface area contributed by atoms with Crippen molar-refractivity contribution in [3.8, 4) is 5.75 Å². The van der Waals surface area contributed by atoms with Crippen LogP contribution in [0.2, 0.25) is 5.02 Å². The molecule has 156 valence electrons. The Kier molecular flexibility index (Phi) is 9.31. The molecule has 0 aromatic heterocycles. The number of carbonyl (C=O) groups excluding carboxylic acids is 1. The van der Waals surface area contributed by atoms with Gasteiger partial charge in [0.1, 0.15) is 5.75 Å². The average molecular weight is 417 g/mol. The van der Waals surface area contributed by atoms with Crippen molar-refractivity contribution in [2.75, 3.05) is 33.8 Å². The third kappa shape index (κ3) is 8.44. The van der Waals surface area contributed by atoms with Crippen molar-refractivity contribution in [2.24, 2.45) is 4.99 Å². The van der Waals surface area contributed by atoms with E-state index < -0.39 is 0 Å². The van der Waals surface area contributed by atoms with E-state index in [2.05, 4.69) is 21.7 Å². The van der Waals surface area contributed by atoms with Gasteiger partial charge in [-0.15, -0.1) is 0 Å². The standard InChI is InChI=1S/C22H29ClN4O2/c1-4-24-22(25-12-11-17-7-5-9-19(23)13-17)26-15-18-8-6-10-20(14-18)29-16-21(28)27(2)3/h5-10,13-14H,4,11-12,15-16H2,1-3H3,(H2,24,25,26). The molecule has 2 aromatic carbocycles. The van der Waals surface area contributed by atoms with Gasteiger partial charge >= 0.3 is 0 Å². The Balaban J connectivity index is 1.90. The second-order valence-corrected chi connectivity index (χ2v) is 7.16. The van der Waals surface area contributed by atoms with Crippen molar-refractivity contribution < 1.29 is 9.53 Å². The first-order valence-electron chi connectivity index (χ1n) is 9.66. The molecule has 0 unspecified atom stereocenters. The zero-order valence-corrected chi connectivity index (χ0v) is 18.0. The fourth-order valence-electron chi connectivity index (χ4n) is 2.54. The molecular formula is C22H29ClN4O2. The lowest BCUT2D eigenvalue weighted by molar-refractivity contribution is -0.130. The summed E-state index contributed by atoms with van der Waals surface area (Å²) in [5.74, 6) is 1.34. The van der Waals surface area contributed by atoms with Gasteiger partial charge in [0.2, 0.25) is 0 Å². The van der Waals surface area contributed by atoms with Crippen LogP contribution in [0.5, 0.6) is 5.75 Å². The summed E-state index contributed by atoms with van der Waals surface area (Å²) in [5.41, 5.74) is 2.19. The van der Waals surface area contributed by atoms with E-state index >= 15 is 0 Å². The van der Waals surface area contributed by atoms with E-state index in [1.807, 2.05) is 49.4 Å². The van der Waals surface area contributed by atoms with Crippen LogP contribution in [0.1, 0.15) is 18.1 Å². The Labute approximate surface area is 177 Å². The van der Waals surface area contributed by atoms with Crippen LogP contribution in [0.15, 0.2) is 53.5 Å². The number of ether oxygens (including phenoxy) is 1. The molecule has 0 atom stereocenters. The number of likely N-dealkylation sites (N-methyl/N-ethyl adjacent to an activating group) is 1. The van der Waals surface area contributed by atoms with Crippen molar-refractivity contribution in [1.29, 1.82) is 0 Å². The van der Waals surface area contributed by atoms with Gasteiger partial charge in [-0.25, -0.2) is 4.99 Å². The van der Waals surface area contributed by atoms with Gasteiger partial charge in [0.15, 0.2) is 12.6 Å². The summed E-state index contributed by atoms with van der Waals surface area (Å²) in [6.07, 6.45) is 0.855. The average Bonchev–Trinajstić information content (AvgIpc) is 2.70. The maximum atomic E-state index is 11.7. The number of benzene rings is 2. The monoisotopic (exact) mass is 416 g/mol. The minimum atomic E-state index is -0.0771. The molecule has 0 fully saturated rings. The van der Waals surface area contributed by atoms with E-state index in [1.165, 1.54) is 10.5 Å². The van der Waals surface area contributed by atoms with Crippen LogP contribution in [0.25, 0.3) is 0 Å². The number of hydrogen-bond donors (Lipinski definition) is 2. The molecule has 0 aliphatic rings. The SMILES string of the molecule is CCNC(=NCc1cccc(OCC(=O)N(C)C)c1)NCCc1cccc(Cl)c1. The zero-order chi connectivity index (χ0) is 21.1. The molecule has 7 heteroatoms. The largest absolute Gasteiger partial charge is 0.484 e. The molecule has 1 amide bonds. The molecule has 0 heterocycles. The molecule has 0 aliphatic carbocycles. The number of nitrogens with zero attached hydrogens (tertiary/aromatic N) is 2. The van der Waals surface area contributed by atoms with Gasteiger partial charge in [-0.3, -0.25) is 4.79 Å². The van der Waals surface area contributed by atoms with E-state index in [0.717, 1.165) is 36.1 Å². The summed E-state index contributed by atoms with van der Waals surface area (Å²) in [4.78, 5) is 17.8. The highest BCUT2D eigenvalue weighted by molar-refractivity contribution is 6.30. The highest BCUT2D eigenvalue weighted by Gasteiger charge is 2.05. The van der Waals surface area contributed by atoms with Gasteiger partial charge in [-0.2, -0.15) is 0 Å². The second kappa shape index (κ2) is 12.0. The van der Waals surface area contributed by atoms with Crippen LogP contribution >= 0.6 is 11.6 Å². The van der Waals surface area contributed by atoms with E-state index in [1.54, 1.807) is 14.1 Å². The third-order valence-corrected chi connectivity index (χ3v) is 4.35. The van der Waals surface area contributed by atoms with Crippen molar-refractivity contribution in [1.82, 2.24) is 15.5 Å². The maximum absolute atomic E-state index is 11.7. The van der Waals surface area contributed by atoms with Gasteiger partial charge in [0.05, 0.1) is 6.54 Å². The number of aliphatic imine (C=N–C) groups is 1. The molecule has 2 N–H and O–H groups in total. The van der Waals surface area contributed by atoms with Crippen LogP contribution in [0, 0.1) is 0 Å². The molecule has 29 heavy (non-hydrogen) atoms. The van der Waals surface area contributed by atoms with E-state index in [4.69, 9.17) is 16.3 Å².